The Kier molecular flexibility index (Phi) is 1.62. The van der Waals surface area contributed by atoms with E-state index in [4.69, 9.17) is 10.5 Å². The molecule has 0 atom stereocenters. The minimum atomic E-state index is 0.495. The van der Waals surface area contributed by atoms with Gasteiger partial charge < -0.3 is 10.5 Å². The number of nitrogen functional groups attached to an aromatic ring is 1. The van der Waals surface area contributed by atoms with Crippen molar-refractivity contribution in [2.45, 2.75) is 6.42 Å². The second-order valence-electron chi connectivity index (χ2n) is 3.43. The maximum Gasteiger partial charge on any atom is 0.227 e. The van der Waals surface area contributed by atoms with E-state index in [0.717, 1.165) is 23.3 Å². The molecule has 2 N–H and O–H groups in total. The maximum atomic E-state index is 5.77. The number of nitrogens with two attached hydrogens (primary N) is 1. The molecule has 0 spiro atoms. The lowest BCUT2D eigenvalue weighted by Crippen LogP contribution is -2.08. The van der Waals surface area contributed by atoms with Gasteiger partial charge >= 0.3 is 0 Å². The normalized spacial score (nSPS) is 12.5. The van der Waals surface area contributed by atoms with E-state index in [9.17, 15) is 0 Å². The first-order valence-electron chi connectivity index (χ1n) is 4.69. The third kappa shape index (κ3) is 1.22. The molecule has 0 bridgehead atoms. The molecule has 4 heteroatoms. The van der Waals surface area contributed by atoms with Gasteiger partial charge in [0.1, 0.15) is 17.9 Å². The fourth-order valence-electron chi connectivity index (χ4n) is 1.71. The second kappa shape index (κ2) is 2.95. The van der Waals surface area contributed by atoms with Gasteiger partial charge in [-0.1, -0.05) is 18.2 Å². The van der Waals surface area contributed by atoms with Crippen LogP contribution in [0, 0.1) is 0 Å². The van der Waals surface area contributed by atoms with Crippen molar-refractivity contribution in [3.8, 4) is 11.6 Å². The molecule has 1 aliphatic rings. The van der Waals surface area contributed by atoms with Gasteiger partial charge in [-0.15, -0.1) is 0 Å². The van der Waals surface area contributed by atoms with E-state index >= 15 is 0 Å². The summed E-state index contributed by atoms with van der Waals surface area (Å²) in [7, 11) is 0. The molecule has 74 valence electrons. The first-order valence-corrected chi connectivity index (χ1v) is 4.69. The van der Waals surface area contributed by atoms with Gasteiger partial charge in [0.2, 0.25) is 5.88 Å². The van der Waals surface area contributed by atoms with Crippen LogP contribution in [0.15, 0.2) is 30.6 Å². The standard InChI is InChI=1S/C11H9N3O/c12-10-8-5-7-3-1-2-4-9(7)15-11(8)14-6-13-10/h1-4,6H,5H2,(H2,12,13,14). The number of nitrogens with zero attached hydrogens (tertiary/aromatic N) is 2. The van der Waals surface area contributed by atoms with Gasteiger partial charge in [0, 0.05) is 6.42 Å². The number of fused-ring (bicyclic) bond motifs is 2. The Morgan fingerprint density at radius 2 is 2.07 bits per heavy atom. The molecule has 1 aliphatic heterocycles. The first-order chi connectivity index (χ1) is 7.34. The van der Waals surface area contributed by atoms with Crippen LogP contribution in [0.1, 0.15) is 11.1 Å². The van der Waals surface area contributed by atoms with E-state index in [1.807, 2.05) is 24.3 Å². The molecule has 15 heavy (non-hydrogen) atoms. The summed E-state index contributed by atoms with van der Waals surface area (Å²) in [5.74, 6) is 1.92. The lowest BCUT2D eigenvalue weighted by atomic mass is 10.0. The average Bonchev–Trinajstić information content (AvgIpc) is 2.27. The van der Waals surface area contributed by atoms with Crippen molar-refractivity contribution in [1.29, 1.82) is 0 Å². The lowest BCUT2D eigenvalue weighted by Gasteiger charge is -2.19. The van der Waals surface area contributed by atoms with Crippen LogP contribution in [0.25, 0.3) is 0 Å². The highest BCUT2D eigenvalue weighted by atomic mass is 16.5. The van der Waals surface area contributed by atoms with Gasteiger partial charge in [-0.25, -0.2) is 9.97 Å². The topological polar surface area (TPSA) is 61.0 Å². The molecule has 0 unspecified atom stereocenters. The smallest absolute Gasteiger partial charge is 0.227 e. The van der Waals surface area contributed by atoms with E-state index in [-0.39, 0.29) is 0 Å². The maximum absolute atomic E-state index is 5.77. The molecular weight excluding hydrogens is 190 g/mol. The zero-order valence-electron chi connectivity index (χ0n) is 7.97. The van der Waals surface area contributed by atoms with E-state index < -0.39 is 0 Å². The first kappa shape index (κ1) is 8.23. The van der Waals surface area contributed by atoms with E-state index in [1.54, 1.807) is 0 Å². The van der Waals surface area contributed by atoms with Crippen molar-refractivity contribution < 1.29 is 4.74 Å². The van der Waals surface area contributed by atoms with Crippen LogP contribution in [-0.4, -0.2) is 9.97 Å². The minimum Gasteiger partial charge on any atom is -0.438 e. The summed E-state index contributed by atoms with van der Waals surface area (Å²) >= 11 is 0. The van der Waals surface area contributed by atoms with Crippen LogP contribution in [0.5, 0.6) is 11.6 Å². The van der Waals surface area contributed by atoms with Gasteiger partial charge in [-0.2, -0.15) is 0 Å². The molecule has 1 aromatic heterocycles. The zero-order valence-corrected chi connectivity index (χ0v) is 7.97. The SMILES string of the molecule is Nc1ncnc2c1Cc1ccccc1O2. The highest BCUT2D eigenvalue weighted by Crippen LogP contribution is 2.36. The van der Waals surface area contributed by atoms with Crippen LogP contribution in [0.2, 0.25) is 0 Å². The van der Waals surface area contributed by atoms with Gasteiger partial charge in [-0.05, 0) is 11.6 Å². The largest absolute Gasteiger partial charge is 0.438 e. The van der Waals surface area contributed by atoms with Crippen LogP contribution in [-0.2, 0) is 6.42 Å². The quantitative estimate of drug-likeness (QED) is 0.599. The van der Waals surface area contributed by atoms with Crippen LogP contribution >= 0.6 is 0 Å². The number of rotatable bonds is 0. The van der Waals surface area contributed by atoms with Gasteiger partial charge in [0.05, 0.1) is 5.56 Å². The molecule has 0 saturated carbocycles. The molecule has 0 saturated heterocycles. The molecule has 2 heterocycles. The molecule has 0 amide bonds. The van der Waals surface area contributed by atoms with E-state index in [1.165, 1.54) is 6.33 Å². The average molecular weight is 199 g/mol. The molecule has 1 aromatic carbocycles. The van der Waals surface area contributed by atoms with Crippen molar-refractivity contribution in [1.82, 2.24) is 9.97 Å². The summed E-state index contributed by atoms with van der Waals surface area (Å²) in [4.78, 5) is 8.02. The molecule has 0 aliphatic carbocycles. The molecule has 4 nitrogen and oxygen atoms in total. The van der Waals surface area contributed by atoms with Crippen molar-refractivity contribution in [3.63, 3.8) is 0 Å². The number of ether oxygens (including phenoxy) is 1. The number of benzene rings is 1. The van der Waals surface area contributed by atoms with Gasteiger partial charge in [0.25, 0.3) is 0 Å². The zero-order chi connectivity index (χ0) is 10.3. The number of anilines is 1. The fourth-order valence-corrected chi connectivity index (χ4v) is 1.71. The summed E-state index contributed by atoms with van der Waals surface area (Å²) in [6.07, 6.45) is 2.15. The van der Waals surface area contributed by atoms with Crippen molar-refractivity contribution >= 4 is 5.82 Å². The van der Waals surface area contributed by atoms with Crippen molar-refractivity contribution in [2.75, 3.05) is 5.73 Å². The van der Waals surface area contributed by atoms with Gasteiger partial charge in [-0.3, -0.25) is 0 Å². The molecule has 2 aromatic rings. The Balaban J connectivity index is 2.15. The Hall–Kier alpha value is -2.10. The second-order valence-corrected chi connectivity index (χ2v) is 3.43. The van der Waals surface area contributed by atoms with E-state index in [0.29, 0.717) is 11.7 Å². The number of aromatic nitrogens is 2. The minimum absolute atomic E-state index is 0.495. The fraction of sp³-hybridized carbons (Fsp3) is 0.0909. The third-order valence-electron chi connectivity index (χ3n) is 2.49. The summed E-state index contributed by atoms with van der Waals surface area (Å²) < 4.78 is 5.63. The molecule has 0 fully saturated rings. The predicted octanol–water partition coefficient (Wildman–Crippen LogP) is 1.76. The van der Waals surface area contributed by atoms with E-state index in [2.05, 4.69) is 9.97 Å². The van der Waals surface area contributed by atoms with Gasteiger partial charge in [0.15, 0.2) is 0 Å². The highest BCUT2D eigenvalue weighted by molar-refractivity contribution is 5.54. The lowest BCUT2D eigenvalue weighted by molar-refractivity contribution is 0.439. The van der Waals surface area contributed by atoms with Crippen molar-refractivity contribution in [3.05, 3.63) is 41.7 Å². The Labute approximate surface area is 86.7 Å². The summed E-state index contributed by atoms with van der Waals surface area (Å²) in [5, 5.41) is 0. The monoisotopic (exact) mass is 199 g/mol. The summed E-state index contributed by atoms with van der Waals surface area (Å²) in [6.45, 7) is 0. The van der Waals surface area contributed by atoms with Crippen LogP contribution in [0.3, 0.4) is 0 Å². The number of hydrogen-bond donors (Lipinski definition) is 1. The molecule has 0 radical (unpaired) electrons. The van der Waals surface area contributed by atoms with Crippen molar-refractivity contribution in [2.24, 2.45) is 0 Å². The number of para-hydroxylation sites is 1. The summed E-state index contributed by atoms with van der Waals surface area (Å²) in [6, 6.07) is 7.86. The number of hydrogen-bond acceptors (Lipinski definition) is 4. The Morgan fingerprint density at radius 1 is 1.20 bits per heavy atom. The van der Waals surface area contributed by atoms with Crippen LogP contribution in [0.4, 0.5) is 5.82 Å². The molecule has 3 rings (SSSR count). The Bertz CT molecular complexity index is 525. The van der Waals surface area contributed by atoms with Crippen LogP contribution < -0.4 is 10.5 Å². The Morgan fingerprint density at radius 3 is 3.00 bits per heavy atom. The predicted molar refractivity (Wildman–Crippen MR) is 55.8 cm³/mol. The molecular formula is C11H9N3O. The highest BCUT2D eigenvalue weighted by Gasteiger charge is 2.19. The third-order valence-corrected chi connectivity index (χ3v) is 2.49. The summed E-state index contributed by atoms with van der Waals surface area (Å²) in [5.41, 5.74) is 7.76.